The van der Waals surface area contributed by atoms with Gasteiger partial charge in [0, 0.05) is 11.7 Å². The van der Waals surface area contributed by atoms with Gasteiger partial charge in [-0.1, -0.05) is 20.8 Å². The van der Waals surface area contributed by atoms with Crippen molar-refractivity contribution in [3.8, 4) is 5.75 Å². The van der Waals surface area contributed by atoms with Gasteiger partial charge >= 0.3 is 0 Å². The van der Waals surface area contributed by atoms with E-state index in [9.17, 15) is 9.59 Å². The van der Waals surface area contributed by atoms with Crippen LogP contribution in [0.25, 0.3) is 0 Å². The van der Waals surface area contributed by atoms with Crippen molar-refractivity contribution in [2.45, 2.75) is 46.6 Å². The third-order valence-electron chi connectivity index (χ3n) is 3.41. The predicted molar refractivity (Wildman–Crippen MR) is 88.4 cm³/mol. The number of amides is 2. The maximum atomic E-state index is 12.4. The molecule has 1 N–H and O–H groups in total. The van der Waals surface area contributed by atoms with E-state index in [1.807, 2.05) is 13.8 Å². The first kappa shape index (κ1) is 17.2. The van der Waals surface area contributed by atoms with Crippen LogP contribution in [0.1, 0.15) is 41.0 Å². The van der Waals surface area contributed by atoms with E-state index in [2.05, 4.69) is 31.1 Å². The lowest BCUT2D eigenvalue weighted by Crippen LogP contribution is -2.51. The first-order valence-electron chi connectivity index (χ1n) is 7.77. The Hall–Kier alpha value is -2.11. The monoisotopic (exact) mass is 319 g/mol. The molecule has 1 aliphatic rings. The fraction of sp³-hybridized carbons (Fsp3) is 0.588. The Morgan fingerprint density at radius 3 is 2.70 bits per heavy atom. The Morgan fingerprint density at radius 1 is 1.35 bits per heavy atom. The number of ether oxygens (including phenoxy) is 1. The largest absolute Gasteiger partial charge is 0.480 e. The third-order valence-corrected chi connectivity index (χ3v) is 3.41. The Bertz CT molecular complexity index is 605. The molecule has 1 aromatic heterocycles. The first-order chi connectivity index (χ1) is 10.6. The lowest BCUT2D eigenvalue weighted by molar-refractivity contribution is -0.126. The van der Waals surface area contributed by atoms with Crippen LogP contribution in [0.4, 0.5) is 5.82 Å². The molecule has 0 aliphatic carbocycles. The highest BCUT2D eigenvalue weighted by atomic mass is 16.5. The van der Waals surface area contributed by atoms with Gasteiger partial charge in [-0.05, 0) is 37.8 Å². The van der Waals surface area contributed by atoms with Gasteiger partial charge in [0.1, 0.15) is 6.54 Å². The second kappa shape index (κ2) is 6.18. The zero-order valence-corrected chi connectivity index (χ0v) is 14.5. The lowest BCUT2D eigenvalue weighted by Gasteiger charge is -2.34. The molecule has 0 aromatic carbocycles. The van der Waals surface area contributed by atoms with Crippen LogP contribution in [0.5, 0.6) is 5.75 Å². The summed E-state index contributed by atoms with van der Waals surface area (Å²) < 4.78 is 5.33. The molecule has 126 valence electrons. The van der Waals surface area contributed by atoms with Gasteiger partial charge in [-0.25, -0.2) is 4.98 Å². The molecular formula is C17H25N3O3. The van der Waals surface area contributed by atoms with Crippen molar-refractivity contribution in [2.24, 2.45) is 5.41 Å². The zero-order valence-electron chi connectivity index (χ0n) is 14.5. The van der Waals surface area contributed by atoms with E-state index < -0.39 is 0 Å². The number of hydrogen-bond acceptors (Lipinski definition) is 4. The highest BCUT2D eigenvalue weighted by Gasteiger charge is 2.31. The molecule has 2 rings (SSSR count). The van der Waals surface area contributed by atoms with Crippen LogP contribution < -0.4 is 15.0 Å². The van der Waals surface area contributed by atoms with E-state index in [0.29, 0.717) is 11.6 Å². The van der Waals surface area contributed by atoms with Crippen LogP contribution in [0.3, 0.4) is 0 Å². The molecule has 1 aliphatic heterocycles. The number of rotatable bonds is 4. The average Bonchev–Trinajstić information content (AvgIpc) is 2.38. The van der Waals surface area contributed by atoms with E-state index in [1.165, 1.54) is 4.90 Å². The maximum Gasteiger partial charge on any atom is 0.266 e. The van der Waals surface area contributed by atoms with Crippen LogP contribution in [-0.2, 0) is 9.59 Å². The van der Waals surface area contributed by atoms with Gasteiger partial charge in [-0.2, -0.15) is 0 Å². The Kier molecular flexibility index (Phi) is 4.63. The molecule has 2 heterocycles. The number of nitrogens with zero attached hydrogens (tertiary/aromatic N) is 2. The molecule has 0 bridgehead atoms. The van der Waals surface area contributed by atoms with E-state index in [-0.39, 0.29) is 35.9 Å². The predicted octanol–water partition coefficient (Wildman–Crippen LogP) is 2.14. The van der Waals surface area contributed by atoms with Gasteiger partial charge < -0.3 is 10.1 Å². The summed E-state index contributed by atoms with van der Waals surface area (Å²) in [5, 5.41) is 3.01. The van der Waals surface area contributed by atoms with Crippen LogP contribution in [0.2, 0.25) is 0 Å². The molecule has 0 fully saturated rings. The van der Waals surface area contributed by atoms with Gasteiger partial charge in [0.2, 0.25) is 5.91 Å². The molecule has 23 heavy (non-hydrogen) atoms. The van der Waals surface area contributed by atoms with Gasteiger partial charge in [-0.15, -0.1) is 0 Å². The van der Waals surface area contributed by atoms with E-state index in [0.717, 1.165) is 6.42 Å². The van der Waals surface area contributed by atoms with Gasteiger partial charge in [-0.3, -0.25) is 14.5 Å². The van der Waals surface area contributed by atoms with Crippen LogP contribution in [0, 0.1) is 5.41 Å². The van der Waals surface area contributed by atoms with E-state index >= 15 is 0 Å². The Balaban J connectivity index is 2.07. The summed E-state index contributed by atoms with van der Waals surface area (Å²) >= 11 is 0. The zero-order chi connectivity index (χ0) is 17.3. The summed E-state index contributed by atoms with van der Waals surface area (Å²) in [4.78, 5) is 30.0. The van der Waals surface area contributed by atoms with Crippen LogP contribution in [0.15, 0.2) is 18.3 Å². The van der Waals surface area contributed by atoms with Crippen molar-refractivity contribution in [1.82, 2.24) is 10.3 Å². The minimum absolute atomic E-state index is 0.0558. The minimum atomic E-state index is -0.350. The summed E-state index contributed by atoms with van der Waals surface area (Å²) in [6, 6.07) is 3.47. The summed E-state index contributed by atoms with van der Waals surface area (Å²) in [7, 11) is 0. The number of hydrogen-bond donors (Lipinski definition) is 1. The van der Waals surface area contributed by atoms with Crippen molar-refractivity contribution in [2.75, 3.05) is 18.1 Å². The summed E-state index contributed by atoms with van der Waals surface area (Å²) in [5.74, 6) is 0.451. The average molecular weight is 319 g/mol. The minimum Gasteiger partial charge on any atom is -0.480 e. The summed E-state index contributed by atoms with van der Waals surface area (Å²) in [6.07, 6.45) is 2.41. The molecule has 0 saturated heterocycles. The molecule has 0 atom stereocenters. The summed E-state index contributed by atoms with van der Waals surface area (Å²) in [6.45, 7) is 10.2. The SMILES string of the molecule is CC(C)(C)CC(C)(C)NC(=O)CN1C(=O)COc2cccnc21. The number of pyridine rings is 1. The Labute approximate surface area is 137 Å². The molecule has 1 aromatic rings. The van der Waals surface area contributed by atoms with Gasteiger partial charge in [0.05, 0.1) is 0 Å². The van der Waals surface area contributed by atoms with Gasteiger partial charge in [0.25, 0.3) is 5.91 Å². The molecule has 0 spiro atoms. The second-order valence-corrected chi connectivity index (χ2v) is 7.76. The lowest BCUT2D eigenvalue weighted by atomic mass is 9.82. The molecule has 0 unspecified atom stereocenters. The highest BCUT2D eigenvalue weighted by Crippen LogP contribution is 2.29. The maximum absolute atomic E-state index is 12.4. The van der Waals surface area contributed by atoms with Crippen molar-refractivity contribution in [1.29, 1.82) is 0 Å². The molecule has 2 amide bonds. The third kappa shape index (κ3) is 4.68. The molecular weight excluding hydrogens is 294 g/mol. The first-order valence-corrected chi connectivity index (χ1v) is 7.77. The van der Waals surface area contributed by atoms with Crippen molar-refractivity contribution >= 4 is 17.6 Å². The molecule has 0 saturated carbocycles. The number of anilines is 1. The molecule has 6 nitrogen and oxygen atoms in total. The molecule has 6 heteroatoms. The summed E-state index contributed by atoms with van der Waals surface area (Å²) in [5.41, 5.74) is -0.253. The van der Waals surface area contributed by atoms with Crippen LogP contribution in [-0.4, -0.2) is 35.5 Å². The number of carbonyl (C=O) groups is 2. The Morgan fingerprint density at radius 2 is 2.04 bits per heavy atom. The number of fused-ring (bicyclic) bond motifs is 1. The van der Waals surface area contributed by atoms with E-state index in [1.54, 1.807) is 18.3 Å². The number of nitrogens with one attached hydrogen (secondary N) is 1. The fourth-order valence-corrected chi connectivity index (χ4v) is 3.13. The quantitative estimate of drug-likeness (QED) is 0.923. The normalized spacial score (nSPS) is 15.0. The van der Waals surface area contributed by atoms with E-state index in [4.69, 9.17) is 4.74 Å². The smallest absolute Gasteiger partial charge is 0.266 e. The number of aromatic nitrogens is 1. The second-order valence-electron chi connectivity index (χ2n) is 7.76. The standard InChI is InChI=1S/C17H25N3O3/c1-16(2,3)11-17(4,5)19-13(21)9-20-14(22)10-23-12-7-6-8-18-15(12)20/h6-8H,9-11H2,1-5H3,(H,19,21). The fourth-order valence-electron chi connectivity index (χ4n) is 3.13. The number of carbonyl (C=O) groups excluding carboxylic acids is 2. The van der Waals surface area contributed by atoms with Crippen molar-refractivity contribution in [3.63, 3.8) is 0 Å². The molecule has 0 radical (unpaired) electrons. The van der Waals surface area contributed by atoms with Crippen LogP contribution >= 0.6 is 0 Å². The topological polar surface area (TPSA) is 71.5 Å². The highest BCUT2D eigenvalue weighted by molar-refractivity contribution is 6.01. The van der Waals surface area contributed by atoms with Gasteiger partial charge in [0.15, 0.2) is 18.2 Å². The van der Waals surface area contributed by atoms with Crippen molar-refractivity contribution < 1.29 is 14.3 Å². The van der Waals surface area contributed by atoms with Crippen molar-refractivity contribution in [3.05, 3.63) is 18.3 Å².